The summed E-state index contributed by atoms with van der Waals surface area (Å²) in [7, 11) is 0. The Morgan fingerprint density at radius 2 is 2.00 bits per heavy atom. The van der Waals surface area contributed by atoms with Gasteiger partial charge in [0.1, 0.15) is 5.82 Å². The Labute approximate surface area is 128 Å². The molecule has 3 rings (SSSR count). The van der Waals surface area contributed by atoms with Crippen LogP contribution in [-0.2, 0) is 5.41 Å². The molecule has 1 fully saturated rings. The van der Waals surface area contributed by atoms with E-state index in [2.05, 4.69) is 22.1 Å². The van der Waals surface area contributed by atoms with Crippen molar-refractivity contribution in [1.82, 2.24) is 5.32 Å². The van der Waals surface area contributed by atoms with Gasteiger partial charge in [0.25, 0.3) is 5.91 Å². The third-order valence-corrected chi connectivity index (χ3v) is 5.08. The van der Waals surface area contributed by atoms with E-state index < -0.39 is 5.82 Å². The summed E-state index contributed by atoms with van der Waals surface area (Å²) in [5, 5.41) is 7.18. The monoisotopic (exact) mass is 303 g/mol. The van der Waals surface area contributed by atoms with Crippen LogP contribution in [-0.4, -0.2) is 12.5 Å². The molecule has 0 spiro atoms. The summed E-state index contributed by atoms with van der Waals surface area (Å²) in [5.41, 5.74) is 1.45. The van der Waals surface area contributed by atoms with Crippen LogP contribution in [0.2, 0.25) is 0 Å². The maximum absolute atomic E-state index is 13.7. The van der Waals surface area contributed by atoms with Crippen molar-refractivity contribution < 1.29 is 9.18 Å². The Morgan fingerprint density at radius 1 is 1.24 bits per heavy atom. The van der Waals surface area contributed by atoms with Crippen molar-refractivity contribution in [2.24, 2.45) is 0 Å². The van der Waals surface area contributed by atoms with Gasteiger partial charge in [-0.1, -0.05) is 25.0 Å². The Kier molecular flexibility index (Phi) is 4.06. The summed E-state index contributed by atoms with van der Waals surface area (Å²) >= 11 is 1.69. The maximum atomic E-state index is 13.7. The van der Waals surface area contributed by atoms with Crippen LogP contribution >= 0.6 is 11.3 Å². The van der Waals surface area contributed by atoms with Gasteiger partial charge >= 0.3 is 0 Å². The first-order chi connectivity index (χ1) is 10.2. The summed E-state index contributed by atoms with van der Waals surface area (Å²) in [4.78, 5) is 12.2. The average molecular weight is 303 g/mol. The molecule has 1 saturated carbocycles. The van der Waals surface area contributed by atoms with Crippen molar-refractivity contribution in [3.05, 3.63) is 58.0 Å². The molecule has 1 aromatic carbocycles. The molecule has 0 saturated heterocycles. The van der Waals surface area contributed by atoms with E-state index in [1.807, 2.05) is 0 Å². The standard InChI is InChI=1S/C17H18FNOS/c18-15-6-2-1-5-14(15)16(20)19-12-17(8-3-4-9-17)13-7-10-21-11-13/h1-2,5-7,10-11H,3-4,8-9,12H2,(H,19,20). The number of amides is 1. The first-order valence-electron chi connectivity index (χ1n) is 7.27. The van der Waals surface area contributed by atoms with Crippen LogP contribution in [0, 0.1) is 5.82 Å². The van der Waals surface area contributed by atoms with E-state index in [4.69, 9.17) is 0 Å². The number of hydrogen-bond donors (Lipinski definition) is 1. The second-order valence-corrected chi connectivity index (χ2v) is 6.44. The molecule has 0 bridgehead atoms. The molecule has 1 aliphatic rings. The normalized spacial score (nSPS) is 16.8. The highest BCUT2D eigenvalue weighted by Gasteiger charge is 2.36. The maximum Gasteiger partial charge on any atom is 0.254 e. The van der Waals surface area contributed by atoms with Crippen molar-refractivity contribution in [2.45, 2.75) is 31.1 Å². The lowest BCUT2D eigenvalue weighted by Gasteiger charge is -2.28. The molecule has 1 aliphatic carbocycles. The van der Waals surface area contributed by atoms with E-state index in [0.717, 1.165) is 12.8 Å². The summed E-state index contributed by atoms with van der Waals surface area (Å²) in [5.74, 6) is -0.791. The fourth-order valence-corrected chi connectivity index (χ4v) is 3.95. The molecule has 21 heavy (non-hydrogen) atoms. The molecule has 1 aromatic heterocycles. The lowest BCUT2D eigenvalue weighted by molar-refractivity contribution is 0.0939. The van der Waals surface area contributed by atoms with Gasteiger partial charge in [-0.25, -0.2) is 4.39 Å². The molecule has 0 atom stereocenters. The summed E-state index contributed by atoms with van der Waals surface area (Å²) < 4.78 is 13.7. The van der Waals surface area contributed by atoms with Crippen LogP contribution in [0.25, 0.3) is 0 Å². The van der Waals surface area contributed by atoms with Crippen molar-refractivity contribution in [3.8, 4) is 0 Å². The third-order valence-electron chi connectivity index (χ3n) is 4.40. The first-order valence-corrected chi connectivity index (χ1v) is 8.21. The van der Waals surface area contributed by atoms with E-state index in [-0.39, 0.29) is 16.9 Å². The predicted molar refractivity (Wildman–Crippen MR) is 83.2 cm³/mol. The van der Waals surface area contributed by atoms with Crippen molar-refractivity contribution in [3.63, 3.8) is 0 Å². The highest BCUT2D eigenvalue weighted by Crippen LogP contribution is 2.41. The Hall–Kier alpha value is -1.68. The van der Waals surface area contributed by atoms with E-state index in [1.165, 1.54) is 30.5 Å². The minimum atomic E-state index is -0.467. The van der Waals surface area contributed by atoms with Crippen LogP contribution in [0.4, 0.5) is 4.39 Å². The molecule has 1 N–H and O–H groups in total. The van der Waals surface area contributed by atoms with Crippen LogP contribution in [0.5, 0.6) is 0 Å². The molecule has 0 radical (unpaired) electrons. The minimum absolute atomic E-state index is 0.0287. The summed E-state index contributed by atoms with van der Waals surface area (Å²) in [6.07, 6.45) is 4.54. The van der Waals surface area contributed by atoms with Crippen LogP contribution in [0.15, 0.2) is 41.1 Å². The second-order valence-electron chi connectivity index (χ2n) is 5.66. The smallest absolute Gasteiger partial charge is 0.254 e. The topological polar surface area (TPSA) is 29.1 Å². The van der Waals surface area contributed by atoms with E-state index in [1.54, 1.807) is 23.5 Å². The van der Waals surface area contributed by atoms with Gasteiger partial charge < -0.3 is 5.32 Å². The molecular formula is C17H18FNOS. The van der Waals surface area contributed by atoms with Crippen molar-refractivity contribution in [1.29, 1.82) is 0 Å². The highest BCUT2D eigenvalue weighted by atomic mass is 32.1. The second kappa shape index (κ2) is 5.98. The van der Waals surface area contributed by atoms with Crippen molar-refractivity contribution >= 4 is 17.2 Å². The number of benzene rings is 1. The first kappa shape index (κ1) is 14.3. The van der Waals surface area contributed by atoms with Gasteiger partial charge in [0.15, 0.2) is 0 Å². The fraction of sp³-hybridized carbons (Fsp3) is 0.353. The molecule has 2 nitrogen and oxygen atoms in total. The molecule has 4 heteroatoms. The van der Waals surface area contributed by atoms with Gasteiger partial charge in [-0.05, 0) is 47.4 Å². The zero-order valence-corrected chi connectivity index (χ0v) is 12.6. The molecular weight excluding hydrogens is 285 g/mol. The largest absolute Gasteiger partial charge is 0.351 e. The fourth-order valence-electron chi connectivity index (χ4n) is 3.18. The number of rotatable bonds is 4. The predicted octanol–water partition coefficient (Wildman–Crippen LogP) is 4.13. The van der Waals surface area contributed by atoms with Crippen LogP contribution in [0.3, 0.4) is 0 Å². The van der Waals surface area contributed by atoms with E-state index in [9.17, 15) is 9.18 Å². The van der Waals surface area contributed by atoms with E-state index >= 15 is 0 Å². The third kappa shape index (κ3) is 2.86. The van der Waals surface area contributed by atoms with E-state index in [0.29, 0.717) is 6.54 Å². The molecule has 1 amide bonds. The van der Waals surface area contributed by atoms with Gasteiger partial charge in [0.2, 0.25) is 0 Å². The van der Waals surface area contributed by atoms with Gasteiger partial charge in [0, 0.05) is 12.0 Å². The number of hydrogen-bond acceptors (Lipinski definition) is 2. The Morgan fingerprint density at radius 3 is 2.67 bits per heavy atom. The molecule has 110 valence electrons. The van der Waals surface area contributed by atoms with Gasteiger partial charge in [-0.3, -0.25) is 4.79 Å². The molecule has 0 aliphatic heterocycles. The summed E-state index contributed by atoms with van der Waals surface area (Å²) in [6, 6.07) is 8.26. The number of halogens is 1. The zero-order chi connectivity index (χ0) is 14.7. The number of carbonyl (C=O) groups excluding carboxylic acids is 1. The number of nitrogens with one attached hydrogen (secondary N) is 1. The lowest BCUT2D eigenvalue weighted by Crippen LogP contribution is -2.39. The SMILES string of the molecule is O=C(NCC1(c2ccsc2)CCCC1)c1ccccc1F. The Balaban J connectivity index is 1.74. The minimum Gasteiger partial charge on any atom is -0.351 e. The summed E-state index contributed by atoms with van der Waals surface area (Å²) in [6.45, 7) is 0.580. The molecule has 1 heterocycles. The average Bonchev–Trinajstić information content (AvgIpc) is 3.17. The van der Waals surface area contributed by atoms with Gasteiger partial charge in [0.05, 0.1) is 5.56 Å². The van der Waals surface area contributed by atoms with Gasteiger partial charge in [-0.15, -0.1) is 0 Å². The molecule has 2 aromatic rings. The van der Waals surface area contributed by atoms with Crippen LogP contribution in [0.1, 0.15) is 41.6 Å². The Bertz CT molecular complexity index is 617. The number of thiophene rings is 1. The zero-order valence-electron chi connectivity index (χ0n) is 11.8. The highest BCUT2D eigenvalue weighted by molar-refractivity contribution is 7.08. The quantitative estimate of drug-likeness (QED) is 0.904. The number of carbonyl (C=O) groups is 1. The molecule has 0 unspecified atom stereocenters. The van der Waals surface area contributed by atoms with Gasteiger partial charge in [-0.2, -0.15) is 11.3 Å². The lowest BCUT2D eigenvalue weighted by atomic mass is 9.80. The van der Waals surface area contributed by atoms with Crippen LogP contribution < -0.4 is 5.32 Å². The van der Waals surface area contributed by atoms with Crippen molar-refractivity contribution in [2.75, 3.05) is 6.54 Å².